The molecule has 0 radical (unpaired) electrons. The van der Waals surface area contributed by atoms with Crippen LogP contribution in [0.25, 0.3) is 0 Å². The molecule has 0 atom stereocenters. The largest absolute Gasteiger partial charge is 0.486 e. The lowest BCUT2D eigenvalue weighted by molar-refractivity contribution is -0.134. The van der Waals surface area contributed by atoms with Gasteiger partial charge >= 0.3 is 18.0 Å². The molecule has 1 aliphatic carbocycles. The molecule has 0 aromatic heterocycles. The second kappa shape index (κ2) is 13.4. The van der Waals surface area contributed by atoms with Gasteiger partial charge in [0, 0.05) is 70.6 Å². The molecule has 4 aliphatic rings. The van der Waals surface area contributed by atoms with Crippen molar-refractivity contribution in [2.45, 2.75) is 38.1 Å². The fourth-order valence-corrected chi connectivity index (χ4v) is 5.46. The molecule has 2 amide bonds. The SMILES string of the molecule is O=C(O)/C=C/C(=O)O.O=C1N(CCN2CCN(c3cccc4c3OCCO4)CC2)CCN1C1CCCCC1. The molecule has 11 heteroatoms. The second-order valence-electron chi connectivity index (χ2n) is 9.89. The summed E-state index contributed by atoms with van der Waals surface area (Å²) in [4.78, 5) is 41.1. The number of piperazine rings is 1. The number of rotatable bonds is 7. The molecule has 11 nitrogen and oxygen atoms in total. The van der Waals surface area contributed by atoms with Crippen molar-refractivity contribution in [2.75, 3.05) is 70.5 Å². The van der Waals surface area contributed by atoms with Crippen molar-refractivity contribution in [1.29, 1.82) is 0 Å². The van der Waals surface area contributed by atoms with Gasteiger partial charge in [-0.05, 0) is 25.0 Å². The minimum Gasteiger partial charge on any atom is -0.486 e. The van der Waals surface area contributed by atoms with Gasteiger partial charge in [0.2, 0.25) is 0 Å². The number of amides is 2. The van der Waals surface area contributed by atoms with Crippen LogP contribution in [0.15, 0.2) is 30.4 Å². The van der Waals surface area contributed by atoms with E-state index in [4.69, 9.17) is 19.7 Å². The number of anilines is 1. The first kappa shape index (κ1) is 27.6. The van der Waals surface area contributed by atoms with Crippen LogP contribution in [0.5, 0.6) is 11.5 Å². The molecule has 2 saturated heterocycles. The third-order valence-corrected chi connectivity index (χ3v) is 7.46. The van der Waals surface area contributed by atoms with Crippen LogP contribution in [0.2, 0.25) is 0 Å². The van der Waals surface area contributed by atoms with Crippen LogP contribution >= 0.6 is 0 Å². The topological polar surface area (TPSA) is 123 Å². The quantitative estimate of drug-likeness (QED) is 0.512. The van der Waals surface area contributed by atoms with Crippen LogP contribution in [0, 0.1) is 0 Å². The highest BCUT2D eigenvalue weighted by molar-refractivity contribution is 5.89. The predicted octanol–water partition coefficient (Wildman–Crippen LogP) is 2.36. The van der Waals surface area contributed by atoms with Gasteiger partial charge in [-0.15, -0.1) is 0 Å². The van der Waals surface area contributed by atoms with E-state index in [9.17, 15) is 14.4 Å². The third kappa shape index (κ3) is 7.31. The fraction of sp³-hybridized carbons (Fsp3) is 0.593. The van der Waals surface area contributed by atoms with Crippen molar-refractivity contribution in [2.24, 2.45) is 0 Å². The van der Waals surface area contributed by atoms with Crippen molar-refractivity contribution < 1.29 is 34.1 Å². The lowest BCUT2D eigenvalue weighted by atomic mass is 9.94. The molecule has 0 bridgehead atoms. The highest BCUT2D eigenvalue weighted by atomic mass is 16.6. The number of urea groups is 1. The van der Waals surface area contributed by atoms with Crippen molar-refractivity contribution in [3.8, 4) is 11.5 Å². The molecule has 3 aliphatic heterocycles. The summed E-state index contributed by atoms with van der Waals surface area (Å²) in [5.74, 6) is -0.765. The number of hydrogen-bond acceptors (Lipinski definition) is 7. The number of hydrogen-bond donors (Lipinski definition) is 2. The molecule has 1 aromatic rings. The maximum absolute atomic E-state index is 12.9. The Balaban J connectivity index is 0.000000368. The van der Waals surface area contributed by atoms with E-state index in [2.05, 4.69) is 25.7 Å². The first-order valence-corrected chi connectivity index (χ1v) is 13.5. The number of carboxylic acids is 2. The minimum absolute atomic E-state index is 0.272. The van der Waals surface area contributed by atoms with Gasteiger partial charge in [-0.2, -0.15) is 0 Å². The monoisotopic (exact) mass is 530 g/mol. The Morgan fingerprint density at radius 1 is 0.868 bits per heavy atom. The lowest BCUT2D eigenvalue weighted by Gasteiger charge is -2.38. The average Bonchev–Trinajstić information content (AvgIpc) is 3.31. The maximum Gasteiger partial charge on any atom is 0.328 e. The molecule has 1 saturated carbocycles. The van der Waals surface area contributed by atoms with Crippen LogP contribution in [0.1, 0.15) is 32.1 Å². The van der Waals surface area contributed by atoms with E-state index in [0.29, 0.717) is 31.4 Å². The number of carbonyl (C=O) groups excluding carboxylic acids is 1. The minimum atomic E-state index is -1.26. The zero-order valence-corrected chi connectivity index (χ0v) is 21.8. The number of ether oxygens (including phenoxy) is 2. The number of carboxylic acid groups (broad SMARTS) is 2. The molecule has 208 valence electrons. The summed E-state index contributed by atoms with van der Waals surface area (Å²) < 4.78 is 11.6. The van der Waals surface area contributed by atoms with Crippen molar-refractivity contribution in [3.63, 3.8) is 0 Å². The van der Waals surface area contributed by atoms with Gasteiger partial charge in [0.15, 0.2) is 11.5 Å². The molecular weight excluding hydrogens is 492 g/mol. The van der Waals surface area contributed by atoms with Crippen LogP contribution in [0.3, 0.4) is 0 Å². The van der Waals surface area contributed by atoms with Crippen LogP contribution in [-0.2, 0) is 9.59 Å². The first-order chi connectivity index (χ1) is 18.4. The highest BCUT2D eigenvalue weighted by Crippen LogP contribution is 2.39. The zero-order valence-electron chi connectivity index (χ0n) is 21.8. The van der Waals surface area contributed by atoms with Crippen molar-refractivity contribution in [1.82, 2.24) is 14.7 Å². The summed E-state index contributed by atoms with van der Waals surface area (Å²) >= 11 is 0. The van der Waals surface area contributed by atoms with Crippen LogP contribution < -0.4 is 14.4 Å². The number of para-hydroxylation sites is 1. The molecule has 0 unspecified atom stereocenters. The smallest absolute Gasteiger partial charge is 0.328 e. The van der Waals surface area contributed by atoms with Gasteiger partial charge in [0.1, 0.15) is 13.2 Å². The zero-order chi connectivity index (χ0) is 26.9. The van der Waals surface area contributed by atoms with Gasteiger partial charge < -0.3 is 34.4 Å². The van der Waals surface area contributed by atoms with E-state index in [1.807, 2.05) is 12.1 Å². The molecular formula is C27H38N4O7. The molecule has 1 aromatic carbocycles. The molecule has 2 N–H and O–H groups in total. The van der Waals surface area contributed by atoms with Crippen LogP contribution in [-0.4, -0.2) is 114 Å². The number of nitrogens with zero attached hydrogens (tertiary/aromatic N) is 4. The predicted molar refractivity (Wildman–Crippen MR) is 141 cm³/mol. The van der Waals surface area contributed by atoms with Crippen molar-refractivity contribution in [3.05, 3.63) is 30.4 Å². The molecule has 5 rings (SSSR count). The van der Waals surface area contributed by atoms with Gasteiger partial charge in [0.05, 0.1) is 5.69 Å². The third-order valence-electron chi connectivity index (χ3n) is 7.46. The summed E-state index contributed by atoms with van der Waals surface area (Å²) in [5.41, 5.74) is 1.14. The highest BCUT2D eigenvalue weighted by Gasteiger charge is 2.34. The van der Waals surface area contributed by atoms with Gasteiger partial charge in [-0.25, -0.2) is 14.4 Å². The first-order valence-electron chi connectivity index (χ1n) is 13.5. The standard InChI is InChI=1S/C23H34N4O3.C4H4O4/c28-23-26(15-16-27(23)19-5-2-1-3-6-19)14-11-24-9-12-25(13-10-24)20-7-4-8-21-22(20)30-18-17-29-21;5-3(6)1-2-4(7)8/h4,7-8,19H,1-3,5-6,9-18H2;1-2H,(H,5,6)(H,7,8)/b;2-1+. The van der Waals surface area contributed by atoms with E-state index in [0.717, 1.165) is 69.5 Å². The van der Waals surface area contributed by atoms with E-state index in [-0.39, 0.29) is 6.03 Å². The Morgan fingerprint density at radius 2 is 1.55 bits per heavy atom. The summed E-state index contributed by atoms with van der Waals surface area (Å²) in [6.07, 6.45) is 7.39. The molecule has 0 spiro atoms. The molecule has 3 heterocycles. The van der Waals surface area contributed by atoms with Gasteiger partial charge in [-0.1, -0.05) is 25.3 Å². The number of benzene rings is 1. The average molecular weight is 531 g/mol. The van der Waals surface area contributed by atoms with E-state index < -0.39 is 11.9 Å². The summed E-state index contributed by atoms with van der Waals surface area (Å²) in [5, 5.41) is 15.6. The second-order valence-corrected chi connectivity index (χ2v) is 9.89. The van der Waals surface area contributed by atoms with Crippen LogP contribution in [0.4, 0.5) is 10.5 Å². The fourth-order valence-electron chi connectivity index (χ4n) is 5.46. The maximum atomic E-state index is 12.9. The van der Waals surface area contributed by atoms with Gasteiger partial charge in [-0.3, -0.25) is 4.90 Å². The Hall–Kier alpha value is -3.47. The Morgan fingerprint density at radius 3 is 2.24 bits per heavy atom. The summed E-state index contributed by atoms with van der Waals surface area (Å²) in [6, 6.07) is 6.92. The van der Waals surface area contributed by atoms with E-state index >= 15 is 0 Å². The van der Waals surface area contributed by atoms with E-state index in [1.54, 1.807) is 0 Å². The molecule has 38 heavy (non-hydrogen) atoms. The number of fused-ring (bicyclic) bond motifs is 1. The van der Waals surface area contributed by atoms with Gasteiger partial charge in [0.25, 0.3) is 0 Å². The number of carbonyl (C=O) groups is 3. The Kier molecular flexibility index (Phi) is 9.69. The van der Waals surface area contributed by atoms with Crippen molar-refractivity contribution >= 4 is 23.7 Å². The Bertz CT molecular complexity index is 987. The molecule has 3 fully saturated rings. The normalized spacial score (nSPS) is 20.4. The van der Waals surface area contributed by atoms with E-state index in [1.165, 1.54) is 32.1 Å². The summed E-state index contributed by atoms with van der Waals surface area (Å²) in [7, 11) is 0. The Labute approximate surface area is 223 Å². The summed E-state index contributed by atoms with van der Waals surface area (Å²) in [6.45, 7) is 8.83. The number of aliphatic carboxylic acids is 2. The lowest BCUT2D eigenvalue weighted by Crippen LogP contribution is -2.49.